The summed E-state index contributed by atoms with van der Waals surface area (Å²) in [7, 11) is 0. The van der Waals surface area contributed by atoms with Crippen molar-refractivity contribution < 1.29 is 185 Å². The number of rotatable bonds is 17. The highest BCUT2D eigenvalue weighted by Crippen LogP contribution is 2.68. The number of hydrogen-bond acceptors (Lipinski definition) is 2. The van der Waals surface area contributed by atoms with E-state index in [1.54, 1.807) is 0 Å². The maximum absolute atomic E-state index is 13.8. The second-order valence-corrected chi connectivity index (χ2v) is 11.1. The number of carbonyl (C=O) groups excluding carboxylic acids is 1. The van der Waals surface area contributed by atoms with Crippen molar-refractivity contribution in [1.82, 2.24) is 0 Å². The Hall–Kier alpha value is -3.33. The van der Waals surface area contributed by atoms with Gasteiger partial charge < -0.3 is 4.74 Å². The number of alkyl halides is 40. The van der Waals surface area contributed by atoms with Crippen molar-refractivity contribution in [2.75, 3.05) is 0 Å². The SMILES string of the molecule is O=C(OC(F)(F)C(F)(F)C(F)(F)C(F)(F)C(F)(F)C(F)(F)C(F)(F)C(F)(F)C(F)(F)C(F)(F)F)C(F)(F)C(F)(F)C(F)(F)C(F)(F)C(F)(F)C(F)(F)C(F)(F)C(F)(F)C(F)(F)F. The van der Waals surface area contributed by atoms with Crippen LogP contribution >= 0.6 is 0 Å². The zero-order valence-electron chi connectivity index (χ0n) is 25.9. The Morgan fingerprint density at radius 1 is 0.210 bits per heavy atom. The summed E-state index contributed by atoms with van der Waals surface area (Å²) in [6.45, 7) is 0. The first-order chi connectivity index (χ1) is 25.9. The molecule has 0 rings (SSSR count). The Kier molecular flexibility index (Phi) is 13.3. The number of halogens is 40. The number of ether oxygens (including phenoxy) is 1. The molecular weight excluding hydrogens is 1030 g/mol. The van der Waals surface area contributed by atoms with Gasteiger partial charge in [-0.15, -0.1) is 0 Å². The fraction of sp³-hybridized carbons (Fsp3) is 0.950. The Morgan fingerprint density at radius 2 is 0.355 bits per heavy atom. The lowest BCUT2D eigenvalue weighted by molar-refractivity contribution is -0.483. The highest BCUT2D eigenvalue weighted by atomic mass is 19.5. The summed E-state index contributed by atoms with van der Waals surface area (Å²) in [5.41, 5.74) is 0. The minimum absolute atomic E-state index is 0.786. The van der Waals surface area contributed by atoms with Gasteiger partial charge >= 0.3 is 119 Å². The highest BCUT2D eigenvalue weighted by molar-refractivity contribution is 5.79. The summed E-state index contributed by atoms with van der Waals surface area (Å²) >= 11 is 0. The first-order valence-electron chi connectivity index (χ1n) is 12.7. The van der Waals surface area contributed by atoms with E-state index in [-0.39, 0.29) is 0 Å². The van der Waals surface area contributed by atoms with E-state index in [2.05, 4.69) is 0 Å². The van der Waals surface area contributed by atoms with Gasteiger partial charge in [-0.1, -0.05) is 0 Å². The molecule has 0 heterocycles. The Labute approximate surface area is 306 Å². The summed E-state index contributed by atoms with van der Waals surface area (Å²) in [4.78, 5) is 11.0. The molecule has 372 valence electrons. The van der Waals surface area contributed by atoms with Crippen LogP contribution in [0.15, 0.2) is 0 Å². The fourth-order valence-electron chi connectivity index (χ4n) is 3.28. The van der Waals surface area contributed by atoms with Crippen molar-refractivity contribution in [3.8, 4) is 0 Å². The van der Waals surface area contributed by atoms with E-state index in [9.17, 15) is 180 Å². The number of hydrogen-bond donors (Lipinski definition) is 0. The van der Waals surface area contributed by atoms with E-state index < -0.39 is 119 Å². The third-order valence-electron chi connectivity index (χ3n) is 7.08. The van der Waals surface area contributed by atoms with Crippen LogP contribution < -0.4 is 0 Å². The van der Waals surface area contributed by atoms with Gasteiger partial charge in [-0.2, -0.15) is 176 Å². The van der Waals surface area contributed by atoms with Crippen LogP contribution in [0.4, 0.5) is 176 Å². The van der Waals surface area contributed by atoms with E-state index in [1.165, 1.54) is 0 Å². The molecule has 0 amide bonds. The van der Waals surface area contributed by atoms with Crippen molar-refractivity contribution in [2.45, 2.75) is 113 Å². The van der Waals surface area contributed by atoms with Crippen LogP contribution in [0.25, 0.3) is 0 Å². The van der Waals surface area contributed by atoms with Crippen LogP contribution in [-0.2, 0) is 9.53 Å². The lowest BCUT2D eigenvalue weighted by atomic mass is 9.87. The van der Waals surface area contributed by atoms with Crippen LogP contribution in [0.2, 0.25) is 0 Å². The van der Waals surface area contributed by atoms with Crippen molar-refractivity contribution >= 4 is 5.97 Å². The van der Waals surface area contributed by atoms with E-state index in [4.69, 9.17) is 0 Å². The smallest absolute Gasteiger partial charge is 0.391 e. The molecule has 2 nitrogen and oxygen atoms in total. The third-order valence-corrected chi connectivity index (χ3v) is 7.08. The van der Waals surface area contributed by atoms with Crippen molar-refractivity contribution in [1.29, 1.82) is 0 Å². The second kappa shape index (κ2) is 14.1. The molecule has 0 atom stereocenters. The van der Waals surface area contributed by atoms with E-state index in [1.807, 2.05) is 0 Å². The molecule has 0 aromatic heterocycles. The Balaban J connectivity index is 7.51. The molecular formula is C20F40O2. The molecule has 0 aromatic carbocycles. The molecule has 62 heavy (non-hydrogen) atoms. The molecule has 0 bridgehead atoms. The molecule has 0 spiro atoms. The van der Waals surface area contributed by atoms with Gasteiger partial charge in [0.15, 0.2) is 0 Å². The van der Waals surface area contributed by atoms with Gasteiger partial charge in [0, 0.05) is 0 Å². The molecule has 0 aromatic rings. The van der Waals surface area contributed by atoms with Gasteiger partial charge in [-0.3, -0.25) is 0 Å². The van der Waals surface area contributed by atoms with Gasteiger partial charge in [0.2, 0.25) is 0 Å². The molecule has 0 radical (unpaired) electrons. The predicted molar refractivity (Wildman–Crippen MR) is 102 cm³/mol. The molecule has 42 heteroatoms. The maximum Gasteiger partial charge on any atom is 0.473 e. The van der Waals surface area contributed by atoms with Crippen LogP contribution in [0.5, 0.6) is 0 Å². The van der Waals surface area contributed by atoms with E-state index >= 15 is 0 Å². The fourth-order valence-corrected chi connectivity index (χ4v) is 3.28. The van der Waals surface area contributed by atoms with Crippen LogP contribution in [-0.4, -0.2) is 119 Å². The largest absolute Gasteiger partial charge is 0.473 e. The van der Waals surface area contributed by atoms with Crippen LogP contribution in [0.3, 0.4) is 0 Å². The molecule has 0 aliphatic heterocycles. The van der Waals surface area contributed by atoms with E-state index in [0.29, 0.717) is 0 Å². The summed E-state index contributed by atoms with van der Waals surface area (Å²) in [5.74, 6) is -161. The van der Waals surface area contributed by atoms with Gasteiger partial charge in [-0.05, 0) is 0 Å². The normalized spacial score (nSPS) is 17.1. The van der Waals surface area contributed by atoms with Gasteiger partial charge in [0.05, 0.1) is 0 Å². The molecule has 0 saturated carbocycles. The predicted octanol–water partition coefficient (Wildman–Crippen LogP) is 12.4. The topological polar surface area (TPSA) is 26.3 Å². The third kappa shape index (κ3) is 6.80. The summed E-state index contributed by atoms with van der Waals surface area (Å²) in [6.07, 6.45) is -26.2. The maximum atomic E-state index is 13.8. The lowest BCUT2D eigenvalue weighted by Crippen LogP contribution is -2.77. The Morgan fingerprint density at radius 3 is 0.532 bits per heavy atom. The minimum Gasteiger partial charge on any atom is -0.391 e. The van der Waals surface area contributed by atoms with Gasteiger partial charge in [-0.25, -0.2) is 4.79 Å². The highest BCUT2D eigenvalue weighted by Gasteiger charge is 3.00. The van der Waals surface area contributed by atoms with Crippen molar-refractivity contribution in [3.63, 3.8) is 0 Å². The summed E-state index contributed by atoms with van der Waals surface area (Å²) in [6, 6.07) is 0. The monoisotopic (exact) mass is 1030 g/mol. The number of esters is 1. The first kappa shape index (κ1) is 58.7. The van der Waals surface area contributed by atoms with Crippen molar-refractivity contribution in [2.24, 2.45) is 0 Å². The molecule has 0 unspecified atom stereocenters. The Bertz CT molecular complexity index is 1650. The average Bonchev–Trinajstić information content (AvgIpc) is 3.01. The zero-order valence-corrected chi connectivity index (χ0v) is 25.9. The lowest BCUT2D eigenvalue weighted by Gasteiger charge is -2.44. The molecule has 0 aliphatic carbocycles. The van der Waals surface area contributed by atoms with Crippen molar-refractivity contribution in [3.05, 3.63) is 0 Å². The van der Waals surface area contributed by atoms with Gasteiger partial charge in [0.25, 0.3) is 0 Å². The summed E-state index contributed by atoms with van der Waals surface area (Å²) < 4.78 is 532. The van der Waals surface area contributed by atoms with E-state index in [0.717, 1.165) is 4.74 Å². The molecule has 0 fully saturated rings. The average molecular weight is 1030 g/mol. The molecule has 0 N–H and O–H groups in total. The van der Waals surface area contributed by atoms with Crippen LogP contribution in [0, 0.1) is 0 Å². The summed E-state index contributed by atoms with van der Waals surface area (Å²) in [5, 5.41) is 0. The molecule has 0 aliphatic rings. The minimum atomic E-state index is -10.1. The van der Waals surface area contributed by atoms with Crippen LogP contribution in [0.1, 0.15) is 0 Å². The molecule has 0 saturated heterocycles. The standard InChI is InChI=1S/C20F40O2/c21-2(22,3(23,24)4(25,26)5(27,28)6(29,30)9(35,36)12(41,42)15(47,48)18(53,54)55)1(61)62-20(59,60)17(51,52)14(45,46)11(39,40)8(33,34)7(31,32)10(37,38)13(43,44)16(49,50)19(56,57)58. The van der Waals surface area contributed by atoms with Gasteiger partial charge in [0.1, 0.15) is 0 Å². The first-order valence-corrected chi connectivity index (χ1v) is 12.7. The second-order valence-electron chi connectivity index (χ2n) is 11.1. The number of carbonyl (C=O) groups is 1. The quantitative estimate of drug-likeness (QED) is 0.107. The zero-order chi connectivity index (χ0) is 51.8.